The Labute approximate surface area is 95.2 Å². The van der Waals surface area contributed by atoms with Crippen molar-refractivity contribution in [2.24, 2.45) is 0 Å². The van der Waals surface area contributed by atoms with Gasteiger partial charge in [0.05, 0.1) is 0 Å². The van der Waals surface area contributed by atoms with Gasteiger partial charge in [0, 0.05) is 11.6 Å². The Balaban J connectivity index is 2.41. The first-order valence-electron chi connectivity index (χ1n) is 3.49. The molecule has 72 valence electrons. The minimum Gasteiger partial charge on any atom is -0.131 e. The molecule has 0 unspecified atom stereocenters. The third kappa shape index (κ3) is 3.89. The SMILES string of the molecule is C=C(CCl)CSc1nnc(SC)s1. The van der Waals surface area contributed by atoms with E-state index in [4.69, 9.17) is 11.6 Å². The standard InChI is InChI=1S/C7H9ClN2S3/c1-5(3-8)4-12-7-10-9-6(11-2)13-7/h1,3-4H2,2H3. The number of rotatable bonds is 5. The molecule has 2 nitrogen and oxygen atoms in total. The van der Waals surface area contributed by atoms with Crippen LogP contribution in [0, 0.1) is 0 Å². The van der Waals surface area contributed by atoms with Gasteiger partial charge in [0.15, 0.2) is 8.68 Å². The molecular formula is C7H9ClN2S3. The van der Waals surface area contributed by atoms with Crippen LogP contribution in [-0.2, 0) is 0 Å². The zero-order chi connectivity index (χ0) is 9.68. The Bertz CT molecular complexity index is 287. The Morgan fingerprint density at radius 3 is 2.77 bits per heavy atom. The summed E-state index contributed by atoms with van der Waals surface area (Å²) in [5.74, 6) is 1.34. The van der Waals surface area contributed by atoms with E-state index in [0.29, 0.717) is 5.88 Å². The minimum atomic E-state index is 0.515. The molecule has 0 spiro atoms. The Hall–Kier alpha value is 0.290. The van der Waals surface area contributed by atoms with E-state index in [-0.39, 0.29) is 0 Å². The van der Waals surface area contributed by atoms with E-state index in [9.17, 15) is 0 Å². The Morgan fingerprint density at radius 1 is 1.54 bits per heavy atom. The molecule has 0 bridgehead atoms. The highest BCUT2D eigenvalue weighted by Gasteiger charge is 2.03. The minimum absolute atomic E-state index is 0.515. The van der Waals surface area contributed by atoms with Gasteiger partial charge in [-0.15, -0.1) is 21.8 Å². The maximum absolute atomic E-state index is 5.60. The molecule has 0 aromatic carbocycles. The summed E-state index contributed by atoms with van der Waals surface area (Å²) in [7, 11) is 0. The van der Waals surface area contributed by atoms with Crippen LogP contribution in [0.2, 0.25) is 0 Å². The number of halogens is 1. The highest BCUT2D eigenvalue weighted by molar-refractivity contribution is 8.03. The van der Waals surface area contributed by atoms with Gasteiger partial charge in [-0.2, -0.15) is 0 Å². The highest BCUT2D eigenvalue weighted by Crippen LogP contribution is 2.28. The van der Waals surface area contributed by atoms with Crippen LogP contribution in [0.3, 0.4) is 0 Å². The molecule has 0 aliphatic carbocycles. The van der Waals surface area contributed by atoms with Gasteiger partial charge in [-0.1, -0.05) is 47.0 Å². The molecule has 1 aromatic heterocycles. The van der Waals surface area contributed by atoms with E-state index in [1.165, 1.54) is 0 Å². The lowest BCUT2D eigenvalue weighted by Gasteiger charge is -1.95. The van der Waals surface area contributed by atoms with E-state index in [1.54, 1.807) is 34.9 Å². The lowest BCUT2D eigenvalue weighted by molar-refractivity contribution is 0.956. The van der Waals surface area contributed by atoms with Crippen molar-refractivity contribution in [2.45, 2.75) is 8.68 Å². The van der Waals surface area contributed by atoms with Gasteiger partial charge < -0.3 is 0 Å². The summed E-state index contributed by atoms with van der Waals surface area (Å²) in [4.78, 5) is 0. The summed E-state index contributed by atoms with van der Waals surface area (Å²) in [5, 5.41) is 8.01. The normalized spacial score (nSPS) is 10.3. The molecule has 0 N–H and O–H groups in total. The highest BCUT2D eigenvalue weighted by atomic mass is 35.5. The van der Waals surface area contributed by atoms with Gasteiger partial charge in [0.2, 0.25) is 0 Å². The van der Waals surface area contributed by atoms with Crippen LogP contribution >= 0.6 is 46.5 Å². The van der Waals surface area contributed by atoms with Gasteiger partial charge in [-0.3, -0.25) is 0 Å². The third-order valence-electron chi connectivity index (χ3n) is 1.15. The number of nitrogens with zero attached hydrogens (tertiary/aromatic N) is 2. The lowest BCUT2D eigenvalue weighted by Crippen LogP contribution is -1.85. The molecule has 0 aliphatic rings. The third-order valence-corrected chi connectivity index (χ3v) is 4.71. The number of hydrogen-bond donors (Lipinski definition) is 0. The van der Waals surface area contributed by atoms with E-state index >= 15 is 0 Å². The van der Waals surface area contributed by atoms with Crippen LogP contribution in [-0.4, -0.2) is 28.1 Å². The number of hydrogen-bond acceptors (Lipinski definition) is 5. The molecule has 0 saturated heterocycles. The van der Waals surface area contributed by atoms with Gasteiger partial charge >= 0.3 is 0 Å². The van der Waals surface area contributed by atoms with Crippen LogP contribution in [0.5, 0.6) is 0 Å². The number of alkyl halides is 1. The van der Waals surface area contributed by atoms with Crippen molar-refractivity contribution in [2.75, 3.05) is 17.9 Å². The monoisotopic (exact) mass is 252 g/mol. The van der Waals surface area contributed by atoms with E-state index in [1.807, 2.05) is 6.26 Å². The molecule has 0 fully saturated rings. The van der Waals surface area contributed by atoms with E-state index in [0.717, 1.165) is 20.0 Å². The molecule has 0 atom stereocenters. The van der Waals surface area contributed by atoms with Crippen LogP contribution in [0.25, 0.3) is 0 Å². The predicted molar refractivity (Wildman–Crippen MR) is 62.3 cm³/mol. The van der Waals surface area contributed by atoms with E-state index < -0.39 is 0 Å². The van der Waals surface area contributed by atoms with Crippen LogP contribution in [0.1, 0.15) is 0 Å². The molecule has 0 radical (unpaired) electrons. The molecule has 0 amide bonds. The van der Waals surface area contributed by atoms with Crippen molar-refractivity contribution in [3.8, 4) is 0 Å². The fourth-order valence-corrected chi connectivity index (χ4v) is 3.09. The van der Waals surface area contributed by atoms with Gasteiger partial charge in [0.25, 0.3) is 0 Å². The Morgan fingerprint density at radius 2 is 2.23 bits per heavy atom. The average Bonchev–Trinajstić information content (AvgIpc) is 2.61. The fraction of sp³-hybridized carbons (Fsp3) is 0.429. The van der Waals surface area contributed by atoms with Gasteiger partial charge in [0.1, 0.15) is 0 Å². The summed E-state index contributed by atoms with van der Waals surface area (Å²) < 4.78 is 1.98. The van der Waals surface area contributed by atoms with Crippen LogP contribution in [0.4, 0.5) is 0 Å². The summed E-state index contributed by atoms with van der Waals surface area (Å²) in [6.07, 6.45) is 1.99. The summed E-state index contributed by atoms with van der Waals surface area (Å²) >= 11 is 10.5. The number of aromatic nitrogens is 2. The second kappa shape index (κ2) is 5.90. The van der Waals surface area contributed by atoms with Crippen molar-refractivity contribution in [3.63, 3.8) is 0 Å². The maximum Gasteiger partial charge on any atom is 0.175 e. The van der Waals surface area contributed by atoms with Gasteiger partial charge in [-0.25, -0.2) is 0 Å². The maximum atomic E-state index is 5.60. The molecule has 1 rings (SSSR count). The van der Waals surface area contributed by atoms with Gasteiger partial charge in [-0.05, 0) is 6.26 Å². The van der Waals surface area contributed by atoms with Crippen molar-refractivity contribution < 1.29 is 0 Å². The summed E-state index contributed by atoms with van der Waals surface area (Å²) in [5.41, 5.74) is 1.02. The smallest absolute Gasteiger partial charge is 0.131 e. The first-order valence-corrected chi connectivity index (χ1v) is 7.05. The quantitative estimate of drug-likeness (QED) is 0.457. The van der Waals surface area contributed by atoms with Crippen molar-refractivity contribution in [3.05, 3.63) is 12.2 Å². The predicted octanol–water partition coefficient (Wildman–Crippen LogP) is 3.15. The lowest BCUT2D eigenvalue weighted by atomic mass is 10.4. The first-order chi connectivity index (χ1) is 6.26. The molecule has 1 heterocycles. The molecule has 1 aromatic rings. The van der Waals surface area contributed by atoms with Crippen molar-refractivity contribution in [1.82, 2.24) is 10.2 Å². The largest absolute Gasteiger partial charge is 0.175 e. The second-order valence-corrected chi connectivity index (χ2v) is 5.73. The van der Waals surface area contributed by atoms with Crippen LogP contribution < -0.4 is 0 Å². The van der Waals surface area contributed by atoms with E-state index in [2.05, 4.69) is 16.8 Å². The molecular weight excluding hydrogens is 244 g/mol. The zero-order valence-corrected chi connectivity index (χ0v) is 10.3. The summed E-state index contributed by atoms with van der Waals surface area (Å²) in [6.45, 7) is 3.81. The summed E-state index contributed by atoms with van der Waals surface area (Å²) in [6, 6.07) is 0. The fourth-order valence-electron chi connectivity index (χ4n) is 0.540. The first kappa shape index (κ1) is 11.4. The second-order valence-electron chi connectivity index (χ2n) is 2.21. The van der Waals surface area contributed by atoms with Crippen molar-refractivity contribution in [1.29, 1.82) is 0 Å². The number of thioether (sulfide) groups is 2. The average molecular weight is 253 g/mol. The molecule has 0 saturated carbocycles. The Kier molecular flexibility index (Phi) is 5.16. The van der Waals surface area contributed by atoms with Crippen LogP contribution in [0.15, 0.2) is 20.8 Å². The molecule has 0 aliphatic heterocycles. The topological polar surface area (TPSA) is 25.8 Å². The molecule has 13 heavy (non-hydrogen) atoms. The van der Waals surface area contributed by atoms with Crippen molar-refractivity contribution >= 4 is 46.5 Å². The zero-order valence-electron chi connectivity index (χ0n) is 7.12. The molecule has 6 heteroatoms.